The fraction of sp³-hybridized carbons (Fsp3) is 0.556. The minimum Gasteiger partial charge on any atom is -0.354 e. The van der Waals surface area contributed by atoms with E-state index in [4.69, 9.17) is 0 Å². The van der Waals surface area contributed by atoms with Gasteiger partial charge in [-0.2, -0.15) is 5.10 Å². The fourth-order valence-electron chi connectivity index (χ4n) is 1.54. The molecule has 1 heterocycles. The molecule has 0 atom stereocenters. The van der Waals surface area contributed by atoms with Crippen molar-refractivity contribution in [2.24, 2.45) is 5.92 Å². The van der Waals surface area contributed by atoms with Gasteiger partial charge in [0.2, 0.25) is 5.69 Å². The number of rotatable bonds is 4. The van der Waals surface area contributed by atoms with Gasteiger partial charge in [-0.05, 0) is 18.8 Å². The van der Waals surface area contributed by atoms with Crippen molar-refractivity contribution in [1.29, 1.82) is 0 Å². The van der Waals surface area contributed by atoms with Gasteiger partial charge >= 0.3 is 5.69 Å². The molecular formula is C9H12N4O3. The number of hydrogen-bond acceptors (Lipinski definition) is 4. The van der Waals surface area contributed by atoms with Crippen LogP contribution in [-0.4, -0.2) is 27.7 Å². The Labute approximate surface area is 91.6 Å². The molecule has 0 bridgehead atoms. The zero-order chi connectivity index (χ0) is 11.7. The second-order valence-electron chi connectivity index (χ2n) is 3.84. The SMILES string of the molecule is CNC(=O)c1c([N+](=O)[O-])cnn1CC1CC1. The van der Waals surface area contributed by atoms with E-state index in [0.29, 0.717) is 12.5 Å². The van der Waals surface area contributed by atoms with Crippen molar-refractivity contribution in [2.75, 3.05) is 7.05 Å². The number of carbonyl (C=O) groups is 1. The van der Waals surface area contributed by atoms with Crippen LogP contribution in [0.1, 0.15) is 23.3 Å². The maximum atomic E-state index is 11.5. The number of amides is 1. The van der Waals surface area contributed by atoms with E-state index in [1.165, 1.54) is 11.7 Å². The first-order valence-corrected chi connectivity index (χ1v) is 5.05. The molecule has 1 N–H and O–H groups in total. The van der Waals surface area contributed by atoms with Crippen molar-refractivity contribution in [3.8, 4) is 0 Å². The third-order valence-corrected chi connectivity index (χ3v) is 2.59. The minimum absolute atomic E-state index is 0.0411. The molecule has 1 saturated carbocycles. The molecule has 0 aromatic carbocycles. The maximum absolute atomic E-state index is 11.5. The van der Waals surface area contributed by atoms with Crippen LogP contribution in [0, 0.1) is 16.0 Å². The van der Waals surface area contributed by atoms with Gasteiger partial charge in [-0.1, -0.05) is 0 Å². The van der Waals surface area contributed by atoms with Crippen LogP contribution >= 0.6 is 0 Å². The highest BCUT2D eigenvalue weighted by atomic mass is 16.6. The van der Waals surface area contributed by atoms with Crippen LogP contribution in [-0.2, 0) is 6.54 Å². The summed E-state index contributed by atoms with van der Waals surface area (Å²) in [4.78, 5) is 21.7. The van der Waals surface area contributed by atoms with Crippen LogP contribution in [0.25, 0.3) is 0 Å². The summed E-state index contributed by atoms with van der Waals surface area (Å²) in [7, 11) is 1.44. The van der Waals surface area contributed by atoms with Gasteiger partial charge in [0.05, 0.1) is 4.92 Å². The predicted octanol–water partition coefficient (Wildman–Crippen LogP) is 0.561. The monoisotopic (exact) mass is 224 g/mol. The van der Waals surface area contributed by atoms with Crippen molar-refractivity contribution in [3.63, 3.8) is 0 Å². The van der Waals surface area contributed by atoms with Crippen LogP contribution in [0.3, 0.4) is 0 Å². The van der Waals surface area contributed by atoms with Gasteiger partial charge in [0.15, 0.2) is 0 Å². The lowest BCUT2D eigenvalue weighted by molar-refractivity contribution is -0.385. The zero-order valence-electron chi connectivity index (χ0n) is 8.84. The molecule has 16 heavy (non-hydrogen) atoms. The van der Waals surface area contributed by atoms with Gasteiger partial charge in [-0.3, -0.25) is 19.6 Å². The molecule has 7 nitrogen and oxygen atoms in total. The summed E-state index contributed by atoms with van der Waals surface area (Å²) in [5.41, 5.74) is -0.195. The molecule has 1 amide bonds. The molecule has 0 unspecified atom stereocenters. The molecule has 1 aliphatic carbocycles. The third kappa shape index (κ3) is 1.88. The van der Waals surface area contributed by atoms with Gasteiger partial charge in [-0.15, -0.1) is 0 Å². The minimum atomic E-state index is -0.582. The van der Waals surface area contributed by atoms with Crippen molar-refractivity contribution >= 4 is 11.6 Å². The smallest absolute Gasteiger partial charge is 0.320 e. The Kier molecular flexibility index (Phi) is 2.59. The summed E-state index contributed by atoms with van der Waals surface area (Å²) in [5, 5.41) is 17.0. The van der Waals surface area contributed by atoms with Crippen LogP contribution in [0.5, 0.6) is 0 Å². The highest BCUT2D eigenvalue weighted by Crippen LogP contribution is 2.31. The lowest BCUT2D eigenvalue weighted by Gasteiger charge is -2.04. The number of hydrogen-bond donors (Lipinski definition) is 1. The van der Waals surface area contributed by atoms with Crippen LogP contribution in [0.2, 0.25) is 0 Å². The van der Waals surface area contributed by atoms with Crippen molar-refractivity contribution in [2.45, 2.75) is 19.4 Å². The topological polar surface area (TPSA) is 90.1 Å². The molecule has 1 aromatic rings. The van der Waals surface area contributed by atoms with E-state index in [0.717, 1.165) is 19.0 Å². The number of nitrogens with zero attached hydrogens (tertiary/aromatic N) is 3. The molecule has 86 valence electrons. The van der Waals surface area contributed by atoms with E-state index >= 15 is 0 Å². The average Bonchev–Trinajstić information content (AvgIpc) is 2.95. The molecule has 2 rings (SSSR count). The Morgan fingerprint density at radius 2 is 2.44 bits per heavy atom. The van der Waals surface area contributed by atoms with Crippen LogP contribution in [0.4, 0.5) is 5.69 Å². The first-order valence-electron chi connectivity index (χ1n) is 5.05. The first-order chi connectivity index (χ1) is 7.63. The lowest BCUT2D eigenvalue weighted by atomic mass is 10.3. The zero-order valence-corrected chi connectivity index (χ0v) is 8.84. The molecule has 0 saturated heterocycles. The maximum Gasteiger partial charge on any atom is 0.320 e. The average molecular weight is 224 g/mol. The molecular weight excluding hydrogens is 212 g/mol. The van der Waals surface area contributed by atoms with Crippen LogP contribution in [0.15, 0.2) is 6.20 Å². The van der Waals surface area contributed by atoms with Crippen molar-refractivity contribution in [1.82, 2.24) is 15.1 Å². The normalized spacial score (nSPS) is 14.8. The first kappa shape index (κ1) is 10.6. The molecule has 1 aromatic heterocycles. The summed E-state index contributed by atoms with van der Waals surface area (Å²) in [6.45, 7) is 0.580. The van der Waals surface area contributed by atoms with E-state index < -0.39 is 10.8 Å². The van der Waals surface area contributed by atoms with Gasteiger partial charge in [0.1, 0.15) is 6.20 Å². The predicted molar refractivity (Wildman–Crippen MR) is 55.0 cm³/mol. The summed E-state index contributed by atoms with van der Waals surface area (Å²) in [6, 6.07) is 0. The Balaban J connectivity index is 2.35. The van der Waals surface area contributed by atoms with E-state index in [1.807, 2.05) is 0 Å². The quantitative estimate of drug-likeness (QED) is 0.597. The highest BCUT2D eigenvalue weighted by molar-refractivity contribution is 5.96. The molecule has 0 radical (unpaired) electrons. The number of carbonyl (C=O) groups excluding carboxylic acids is 1. The number of nitrogens with one attached hydrogen (secondary N) is 1. The van der Waals surface area contributed by atoms with E-state index in [1.54, 1.807) is 0 Å². The molecule has 0 spiro atoms. The van der Waals surface area contributed by atoms with Gasteiger partial charge < -0.3 is 5.32 Å². The van der Waals surface area contributed by atoms with Gasteiger partial charge in [0, 0.05) is 13.6 Å². The van der Waals surface area contributed by atoms with Gasteiger partial charge in [0.25, 0.3) is 5.91 Å². The molecule has 1 aliphatic rings. The van der Waals surface area contributed by atoms with E-state index in [2.05, 4.69) is 10.4 Å². The molecule has 7 heteroatoms. The van der Waals surface area contributed by atoms with Crippen molar-refractivity contribution in [3.05, 3.63) is 22.0 Å². The van der Waals surface area contributed by atoms with E-state index in [-0.39, 0.29) is 11.4 Å². The molecule has 0 aliphatic heterocycles. The number of nitro groups is 1. The van der Waals surface area contributed by atoms with Crippen LogP contribution < -0.4 is 5.32 Å². The Bertz CT molecular complexity index is 436. The Morgan fingerprint density at radius 3 is 2.94 bits per heavy atom. The third-order valence-electron chi connectivity index (χ3n) is 2.59. The summed E-state index contributed by atoms with van der Waals surface area (Å²) in [5.74, 6) is 0.0350. The highest BCUT2D eigenvalue weighted by Gasteiger charge is 2.30. The Hall–Kier alpha value is -1.92. The van der Waals surface area contributed by atoms with Crippen molar-refractivity contribution < 1.29 is 9.72 Å². The standard InChI is InChI=1S/C9H12N4O3/c1-10-9(14)8-7(13(15)16)4-11-12(8)5-6-2-3-6/h4,6H,2-3,5H2,1H3,(H,10,14). The van der Waals surface area contributed by atoms with Gasteiger partial charge in [-0.25, -0.2) is 0 Å². The second kappa shape index (κ2) is 3.92. The second-order valence-corrected chi connectivity index (χ2v) is 3.84. The summed E-state index contributed by atoms with van der Waals surface area (Å²) < 4.78 is 1.43. The Morgan fingerprint density at radius 1 is 1.75 bits per heavy atom. The fourth-order valence-corrected chi connectivity index (χ4v) is 1.54. The summed E-state index contributed by atoms with van der Waals surface area (Å²) >= 11 is 0. The molecule has 1 fully saturated rings. The van der Waals surface area contributed by atoms with E-state index in [9.17, 15) is 14.9 Å². The summed E-state index contributed by atoms with van der Waals surface area (Å²) in [6.07, 6.45) is 3.33. The number of aromatic nitrogens is 2. The largest absolute Gasteiger partial charge is 0.354 e. The lowest BCUT2D eigenvalue weighted by Crippen LogP contribution is -2.23.